The van der Waals surface area contributed by atoms with Gasteiger partial charge in [-0.1, -0.05) is 0 Å². The van der Waals surface area contributed by atoms with Gasteiger partial charge in [0.1, 0.15) is 4.88 Å². The van der Waals surface area contributed by atoms with Crippen LogP contribution in [-0.4, -0.2) is 17.9 Å². The van der Waals surface area contributed by atoms with E-state index in [0.29, 0.717) is 17.2 Å². The molecule has 0 spiro atoms. The van der Waals surface area contributed by atoms with Gasteiger partial charge in [0, 0.05) is 18.3 Å². The number of benzene rings is 1. The second kappa shape index (κ2) is 4.81. The van der Waals surface area contributed by atoms with E-state index in [1.165, 1.54) is 11.3 Å². The van der Waals surface area contributed by atoms with Crippen molar-refractivity contribution in [2.45, 2.75) is 6.54 Å². The van der Waals surface area contributed by atoms with Crippen LogP contribution in [0.2, 0.25) is 0 Å². The van der Waals surface area contributed by atoms with E-state index >= 15 is 0 Å². The number of rotatable bonds is 4. The van der Waals surface area contributed by atoms with Crippen LogP contribution in [0.5, 0.6) is 11.5 Å². The van der Waals surface area contributed by atoms with Gasteiger partial charge in [-0.05, 0) is 29.1 Å². The molecule has 19 heavy (non-hydrogen) atoms. The van der Waals surface area contributed by atoms with E-state index in [9.17, 15) is 4.79 Å². The molecule has 0 unspecified atom stereocenters. The van der Waals surface area contributed by atoms with Crippen molar-refractivity contribution in [3.63, 3.8) is 0 Å². The molecule has 0 fully saturated rings. The molecule has 1 aliphatic rings. The molecule has 5 nitrogen and oxygen atoms in total. The lowest BCUT2D eigenvalue weighted by molar-refractivity contribution is 0.0701. The van der Waals surface area contributed by atoms with E-state index in [4.69, 9.17) is 14.6 Å². The molecule has 0 amide bonds. The second-order valence-corrected chi connectivity index (χ2v) is 4.92. The van der Waals surface area contributed by atoms with Gasteiger partial charge >= 0.3 is 5.97 Å². The van der Waals surface area contributed by atoms with Crippen LogP contribution in [0.1, 0.15) is 15.2 Å². The molecule has 0 radical (unpaired) electrons. The van der Waals surface area contributed by atoms with Gasteiger partial charge < -0.3 is 19.9 Å². The molecule has 98 valence electrons. The van der Waals surface area contributed by atoms with Crippen LogP contribution in [0, 0.1) is 0 Å². The number of nitrogens with one attached hydrogen (secondary N) is 1. The Balaban J connectivity index is 1.72. The Morgan fingerprint density at radius 3 is 3.00 bits per heavy atom. The van der Waals surface area contributed by atoms with Gasteiger partial charge in [-0.25, -0.2) is 4.79 Å². The standard InChI is InChI=1S/C13H11NO4S/c15-13(16)12-8(3-4-19-12)6-14-9-1-2-10-11(5-9)18-7-17-10/h1-5,14H,6-7H2,(H,15,16). The van der Waals surface area contributed by atoms with Crippen LogP contribution < -0.4 is 14.8 Å². The first-order valence-corrected chi connectivity index (χ1v) is 6.55. The van der Waals surface area contributed by atoms with Crippen molar-refractivity contribution in [3.8, 4) is 11.5 Å². The fourth-order valence-electron chi connectivity index (χ4n) is 1.87. The van der Waals surface area contributed by atoms with Gasteiger partial charge in [0.25, 0.3) is 0 Å². The summed E-state index contributed by atoms with van der Waals surface area (Å²) in [4.78, 5) is 11.4. The Labute approximate surface area is 113 Å². The highest BCUT2D eigenvalue weighted by molar-refractivity contribution is 7.12. The zero-order chi connectivity index (χ0) is 13.2. The molecule has 1 aromatic carbocycles. The van der Waals surface area contributed by atoms with E-state index < -0.39 is 5.97 Å². The van der Waals surface area contributed by atoms with Crippen molar-refractivity contribution in [2.24, 2.45) is 0 Å². The lowest BCUT2D eigenvalue weighted by Crippen LogP contribution is -2.03. The maximum Gasteiger partial charge on any atom is 0.346 e. The SMILES string of the molecule is O=C(O)c1sccc1CNc1ccc2c(c1)OCO2. The summed E-state index contributed by atoms with van der Waals surface area (Å²) in [6, 6.07) is 7.36. The molecule has 0 bridgehead atoms. The maximum atomic E-state index is 11.0. The number of hydrogen-bond acceptors (Lipinski definition) is 5. The summed E-state index contributed by atoms with van der Waals surface area (Å²) in [6.45, 7) is 0.706. The van der Waals surface area contributed by atoms with E-state index in [1.807, 2.05) is 24.3 Å². The lowest BCUT2D eigenvalue weighted by Gasteiger charge is -2.07. The van der Waals surface area contributed by atoms with E-state index in [1.54, 1.807) is 5.38 Å². The minimum Gasteiger partial charge on any atom is -0.477 e. The molecule has 0 atom stereocenters. The van der Waals surface area contributed by atoms with Crippen molar-refractivity contribution >= 4 is 23.0 Å². The first-order chi connectivity index (χ1) is 9.24. The van der Waals surface area contributed by atoms with Crippen LogP contribution in [0.3, 0.4) is 0 Å². The van der Waals surface area contributed by atoms with Gasteiger partial charge in [-0.2, -0.15) is 0 Å². The quantitative estimate of drug-likeness (QED) is 0.899. The summed E-state index contributed by atoms with van der Waals surface area (Å²) >= 11 is 1.23. The number of aromatic carboxylic acids is 1. The third-order valence-corrected chi connectivity index (χ3v) is 3.74. The highest BCUT2D eigenvalue weighted by Crippen LogP contribution is 2.34. The first-order valence-electron chi connectivity index (χ1n) is 5.67. The zero-order valence-corrected chi connectivity index (χ0v) is 10.7. The van der Waals surface area contributed by atoms with Crippen molar-refractivity contribution < 1.29 is 19.4 Å². The number of carboxylic acid groups (broad SMARTS) is 1. The van der Waals surface area contributed by atoms with Crippen LogP contribution >= 0.6 is 11.3 Å². The fraction of sp³-hybridized carbons (Fsp3) is 0.154. The van der Waals surface area contributed by atoms with Gasteiger partial charge in [0.15, 0.2) is 11.5 Å². The molecule has 0 aliphatic carbocycles. The molecule has 3 rings (SSSR count). The minimum atomic E-state index is -0.891. The smallest absolute Gasteiger partial charge is 0.346 e. The number of ether oxygens (including phenoxy) is 2. The highest BCUT2D eigenvalue weighted by atomic mass is 32.1. The van der Waals surface area contributed by atoms with Crippen LogP contribution in [0.4, 0.5) is 5.69 Å². The Hall–Kier alpha value is -2.21. The Bertz CT molecular complexity index is 623. The molecule has 6 heteroatoms. The second-order valence-electron chi connectivity index (χ2n) is 4.00. The third-order valence-electron chi connectivity index (χ3n) is 2.80. The molecule has 0 saturated heterocycles. The number of thiophene rings is 1. The van der Waals surface area contributed by atoms with Crippen LogP contribution in [0.25, 0.3) is 0 Å². The average molecular weight is 277 g/mol. The number of carbonyl (C=O) groups is 1. The summed E-state index contributed by atoms with van der Waals surface area (Å²) in [5.74, 6) is 0.540. The highest BCUT2D eigenvalue weighted by Gasteiger charge is 2.14. The summed E-state index contributed by atoms with van der Waals surface area (Å²) in [5, 5.41) is 14.0. The lowest BCUT2D eigenvalue weighted by atomic mass is 10.2. The zero-order valence-electron chi connectivity index (χ0n) is 9.88. The monoisotopic (exact) mass is 277 g/mol. The topological polar surface area (TPSA) is 67.8 Å². The Kier molecular flexibility index (Phi) is 3.00. The molecule has 2 aromatic rings. The Morgan fingerprint density at radius 1 is 1.32 bits per heavy atom. The van der Waals surface area contributed by atoms with Crippen LogP contribution in [0.15, 0.2) is 29.6 Å². The largest absolute Gasteiger partial charge is 0.477 e. The van der Waals surface area contributed by atoms with Crippen molar-refractivity contribution in [1.29, 1.82) is 0 Å². The molecule has 0 saturated carbocycles. The average Bonchev–Trinajstić information content (AvgIpc) is 3.04. The molecule has 1 aliphatic heterocycles. The molecule has 1 aromatic heterocycles. The number of anilines is 1. The summed E-state index contributed by atoms with van der Waals surface area (Å²) in [6.07, 6.45) is 0. The number of hydrogen-bond donors (Lipinski definition) is 2. The van der Waals surface area contributed by atoms with Crippen molar-refractivity contribution in [1.82, 2.24) is 0 Å². The van der Waals surface area contributed by atoms with Gasteiger partial charge in [0.05, 0.1) is 0 Å². The van der Waals surface area contributed by atoms with Gasteiger partial charge in [-0.3, -0.25) is 0 Å². The normalized spacial score (nSPS) is 12.4. The molecule has 2 heterocycles. The first kappa shape index (κ1) is 11.9. The summed E-state index contributed by atoms with van der Waals surface area (Å²) in [5.41, 5.74) is 1.64. The molecular formula is C13H11NO4S. The predicted molar refractivity (Wildman–Crippen MR) is 71.2 cm³/mol. The minimum absolute atomic E-state index is 0.243. The van der Waals surface area contributed by atoms with E-state index in [2.05, 4.69) is 5.32 Å². The Morgan fingerprint density at radius 2 is 2.16 bits per heavy atom. The van der Waals surface area contributed by atoms with Gasteiger partial charge in [-0.15, -0.1) is 11.3 Å². The summed E-state index contributed by atoms with van der Waals surface area (Å²) in [7, 11) is 0. The number of fused-ring (bicyclic) bond motifs is 1. The number of carboxylic acids is 1. The van der Waals surface area contributed by atoms with Crippen molar-refractivity contribution in [3.05, 3.63) is 40.1 Å². The van der Waals surface area contributed by atoms with E-state index in [-0.39, 0.29) is 6.79 Å². The third kappa shape index (κ3) is 2.34. The van der Waals surface area contributed by atoms with Gasteiger partial charge in [0.2, 0.25) is 6.79 Å². The summed E-state index contributed by atoms with van der Waals surface area (Å²) < 4.78 is 10.5. The van der Waals surface area contributed by atoms with E-state index in [0.717, 1.165) is 17.0 Å². The van der Waals surface area contributed by atoms with Crippen LogP contribution in [-0.2, 0) is 6.54 Å². The molecular weight excluding hydrogens is 266 g/mol. The predicted octanol–water partition coefficient (Wildman–Crippen LogP) is 2.79. The fourth-order valence-corrected chi connectivity index (χ4v) is 2.63. The maximum absolute atomic E-state index is 11.0. The molecule has 2 N–H and O–H groups in total. The van der Waals surface area contributed by atoms with Crippen molar-refractivity contribution in [2.75, 3.05) is 12.1 Å².